The molecule has 3 aromatic heterocycles. The number of oxazole rings is 1. The zero-order chi connectivity index (χ0) is 29.5. The van der Waals surface area contributed by atoms with Crippen LogP contribution < -0.4 is 10.2 Å². The lowest BCUT2D eigenvalue weighted by Gasteiger charge is -2.39. The summed E-state index contributed by atoms with van der Waals surface area (Å²) in [5.41, 5.74) is 5.56. The average Bonchev–Trinajstić information content (AvgIpc) is 3.52. The van der Waals surface area contributed by atoms with Gasteiger partial charge < -0.3 is 19.1 Å². The Hall–Kier alpha value is -3.50. The fourth-order valence-corrected chi connectivity index (χ4v) is 6.17. The molecule has 0 radical (unpaired) electrons. The molecule has 1 aliphatic rings. The van der Waals surface area contributed by atoms with E-state index in [-0.39, 0.29) is 16.6 Å². The van der Waals surface area contributed by atoms with Gasteiger partial charge in [0.15, 0.2) is 14.0 Å². The van der Waals surface area contributed by atoms with Crippen LogP contribution in [0.1, 0.15) is 55.5 Å². The van der Waals surface area contributed by atoms with Crippen LogP contribution in [0.5, 0.6) is 0 Å². The van der Waals surface area contributed by atoms with Gasteiger partial charge in [-0.25, -0.2) is 4.98 Å². The van der Waals surface area contributed by atoms with Gasteiger partial charge in [-0.15, -0.1) is 0 Å². The van der Waals surface area contributed by atoms with Crippen molar-refractivity contribution in [2.24, 2.45) is 13.0 Å². The molecule has 0 saturated carbocycles. The van der Waals surface area contributed by atoms with Gasteiger partial charge in [-0.3, -0.25) is 14.5 Å². The lowest BCUT2D eigenvalue weighted by atomic mass is 9.97. The number of aromatic nitrogens is 4. The van der Waals surface area contributed by atoms with E-state index >= 15 is 0 Å². The van der Waals surface area contributed by atoms with E-state index in [0.29, 0.717) is 11.8 Å². The van der Waals surface area contributed by atoms with Crippen LogP contribution in [0, 0.1) is 19.8 Å². The fourth-order valence-electron chi connectivity index (χ4n) is 5.09. The SMILES string of the molecule is Cc1cc(-c2nc(C(=O)Nc3cc4c(C)nn(C)c4cc3N3CCC(CO[Si](C)(C)C(C)(C)C)CC3)co2)ccn1. The summed E-state index contributed by atoms with van der Waals surface area (Å²) in [6, 6.07) is 7.88. The summed E-state index contributed by atoms with van der Waals surface area (Å²) in [7, 11) is 0.184. The Kier molecular flexibility index (Phi) is 7.82. The number of aryl methyl sites for hydroxylation is 3. The van der Waals surface area contributed by atoms with Crippen molar-refractivity contribution in [2.45, 2.75) is 65.6 Å². The molecule has 1 saturated heterocycles. The van der Waals surface area contributed by atoms with Crippen LogP contribution in [0.2, 0.25) is 18.1 Å². The van der Waals surface area contributed by atoms with Crippen molar-refractivity contribution in [1.82, 2.24) is 19.7 Å². The van der Waals surface area contributed by atoms with E-state index in [9.17, 15) is 4.79 Å². The Labute approximate surface area is 243 Å². The van der Waals surface area contributed by atoms with Crippen LogP contribution in [0.3, 0.4) is 0 Å². The third kappa shape index (κ3) is 6.08. The van der Waals surface area contributed by atoms with Gasteiger partial charge in [-0.1, -0.05) is 20.8 Å². The van der Waals surface area contributed by atoms with E-state index < -0.39 is 8.32 Å². The maximum absolute atomic E-state index is 13.4. The molecule has 0 atom stereocenters. The van der Waals surface area contributed by atoms with Gasteiger partial charge in [0, 0.05) is 49.6 Å². The normalized spacial score (nSPS) is 15.1. The lowest BCUT2D eigenvalue weighted by Crippen LogP contribution is -2.43. The number of amides is 1. The van der Waals surface area contributed by atoms with Gasteiger partial charge >= 0.3 is 0 Å². The molecule has 1 amide bonds. The van der Waals surface area contributed by atoms with Crippen molar-refractivity contribution >= 4 is 36.5 Å². The van der Waals surface area contributed by atoms with Crippen LogP contribution in [0.15, 0.2) is 41.1 Å². The molecule has 1 aliphatic heterocycles. The lowest BCUT2D eigenvalue weighted by molar-refractivity contribution is 0.102. The number of carbonyl (C=O) groups is 1. The van der Waals surface area contributed by atoms with E-state index in [4.69, 9.17) is 8.84 Å². The molecular weight excluding hydrogens is 532 g/mol. The molecule has 0 spiro atoms. The predicted molar refractivity (Wildman–Crippen MR) is 166 cm³/mol. The predicted octanol–water partition coefficient (Wildman–Crippen LogP) is 6.73. The molecule has 0 unspecified atom stereocenters. The first-order valence-electron chi connectivity index (χ1n) is 14.4. The number of nitrogens with one attached hydrogen (secondary N) is 1. The van der Waals surface area contributed by atoms with Crippen LogP contribution in [0.4, 0.5) is 11.4 Å². The minimum absolute atomic E-state index is 0.208. The second-order valence-electron chi connectivity index (χ2n) is 12.8. The fraction of sp³-hybridized carbons (Fsp3) is 0.484. The summed E-state index contributed by atoms with van der Waals surface area (Å²) in [5, 5.41) is 8.97. The third-order valence-corrected chi connectivity index (χ3v) is 13.2. The minimum Gasteiger partial charge on any atom is -0.444 e. The van der Waals surface area contributed by atoms with Crippen molar-refractivity contribution in [1.29, 1.82) is 0 Å². The van der Waals surface area contributed by atoms with Gasteiger partial charge in [0.2, 0.25) is 5.89 Å². The highest BCUT2D eigenvalue weighted by atomic mass is 28.4. The number of hydrogen-bond acceptors (Lipinski definition) is 7. The molecule has 218 valence electrons. The molecule has 4 aromatic rings. The highest BCUT2D eigenvalue weighted by molar-refractivity contribution is 6.74. The number of fused-ring (bicyclic) bond motifs is 1. The number of pyridine rings is 1. The van der Waals surface area contributed by atoms with Gasteiger partial charge in [-0.05, 0) is 75.0 Å². The number of hydrogen-bond donors (Lipinski definition) is 1. The Morgan fingerprint density at radius 1 is 1.17 bits per heavy atom. The van der Waals surface area contributed by atoms with Crippen LogP contribution in [-0.2, 0) is 11.5 Å². The largest absolute Gasteiger partial charge is 0.444 e. The molecule has 0 bridgehead atoms. The smallest absolute Gasteiger partial charge is 0.277 e. The second kappa shape index (κ2) is 11.1. The van der Waals surface area contributed by atoms with Gasteiger partial charge in [-0.2, -0.15) is 5.10 Å². The molecule has 0 aliphatic carbocycles. The van der Waals surface area contributed by atoms with Gasteiger partial charge in [0.05, 0.1) is 22.6 Å². The van der Waals surface area contributed by atoms with E-state index in [1.54, 1.807) is 6.20 Å². The summed E-state index contributed by atoms with van der Waals surface area (Å²) >= 11 is 0. The van der Waals surface area contributed by atoms with Crippen molar-refractivity contribution in [2.75, 3.05) is 29.9 Å². The van der Waals surface area contributed by atoms with Crippen molar-refractivity contribution < 1.29 is 13.6 Å². The van der Waals surface area contributed by atoms with Crippen molar-refractivity contribution in [3.63, 3.8) is 0 Å². The molecule has 5 rings (SSSR count). The summed E-state index contributed by atoms with van der Waals surface area (Å²) in [6.07, 6.45) is 5.20. The molecule has 4 heterocycles. The van der Waals surface area contributed by atoms with E-state index in [1.807, 2.05) is 43.8 Å². The first kappa shape index (κ1) is 29.0. The van der Waals surface area contributed by atoms with Crippen LogP contribution in [-0.4, -0.2) is 53.7 Å². The summed E-state index contributed by atoms with van der Waals surface area (Å²) in [6.45, 7) is 18.0. The highest BCUT2D eigenvalue weighted by Gasteiger charge is 2.38. The minimum atomic E-state index is -1.77. The number of piperidine rings is 1. The molecule has 1 N–H and O–H groups in total. The van der Waals surface area contributed by atoms with E-state index in [1.165, 1.54) is 6.26 Å². The first-order chi connectivity index (χ1) is 19.3. The Bertz CT molecular complexity index is 1560. The number of benzene rings is 1. The molecule has 1 aromatic carbocycles. The first-order valence-corrected chi connectivity index (χ1v) is 17.3. The third-order valence-electron chi connectivity index (χ3n) is 8.72. The van der Waals surface area contributed by atoms with Crippen LogP contribution >= 0.6 is 0 Å². The average molecular weight is 575 g/mol. The molecule has 9 nitrogen and oxygen atoms in total. The van der Waals surface area contributed by atoms with Crippen LogP contribution in [0.25, 0.3) is 22.4 Å². The summed E-state index contributed by atoms with van der Waals surface area (Å²) in [5.74, 6) is 0.610. The number of anilines is 2. The molecule has 10 heteroatoms. The maximum Gasteiger partial charge on any atom is 0.277 e. The Morgan fingerprint density at radius 2 is 1.90 bits per heavy atom. The Balaban J connectivity index is 1.35. The van der Waals surface area contributed by atoms with Crippen molar-refractivity contribution in [3.05, 3.63) is 53.8 Å². The number of rotatable bonds is 7. The van der Waals surface area contributed by atoms with Gasteiger partial charge in [0.25, 0.3) is 5.91 Å². The number of carbonyl (C=O) groups excluding carboxylic acids is 1. The highest BCUT2D eigenvalue weighted by Crippen LogP contribution is 2.38. The Morgan fingerprint density at radius 3 is 2.59 bits per heavy atom. The standard InChI is InChI=1S/C31H42N6O3Si/c1-20-15-23(9-12-32-20)30-34-26(19-39-30)29(38)33-25-16-24-21(2)35-36(6)27(24)17-28(25)37-13-10-22(11-14-37)18-40-41(7,8)31(3,4)5/h9,12,15-17,19,22H,10-11,13-14,18H2,1-8H3,(H,33,38). The van der Waals surface area contributed by atoms with Gasteiger partial charge in [0.1, 0.15) is 6.26 Å². The van der Waals surface area contributed by atoms with E-state index in [2.05, 4.69) is 65.2 Å². The zero-order valence-electron chi connectivity index (χ0n) is 25.5. The summed E-state index contributed by atoms with van der Waals surface area (Å²) < 4.78 is 14.1. The molecule has 1 fully saturated rings. The monoisotopic (exact) mass is 574 g/mol. The topological polar surface area (TPSA) is 98.3 Å². The maximum atomic E-state index is 13.4. The second-order valence-corrected chi connectivity index (χ2v) is 17.6. The van der Waals surface area contributed by atoms with E-state index in [0.717, 1.165) is 71.8 Å². The zero-order valence-corrected chi connectivity index (χ0v) is 26.5. The summed E-state index contributed by atoms with van der Waals surface area (Å²) in [4.78, 5) is 24.5. The van der Waals surface area contributed by atoms with Crippen molar-refractivity contribution in [3.8, 4) is 11.5 Å². The number of nitrogens with zero attached hydrogens (tertiary/aromatic N) is 5. The molecular formula is C31H42N6O3Si. The quantitative estimate of drug-likeness (QED) is 0.244. The molecule has 41 heavy (non-hydrogen) atoms.